The second-order valence-electron chi connectivity index (χ2n) is 7.48. The number of azide groups is 1. The van der Waals surface area contributed by atoms with Crippen molar-refractivity contribution in [2.45, 2.75) is 31.7 Å². The fourth-order valence-corrected chi connectivity index (χ4v) is 5.25. The van der Waals surface area contributed by atoms with Crippen LogP contribution in [0, 0.1) is 5.92 Å². The predicted molar refractivity (Wildman–Crippen MR) is 123 cm³/mol. The molecule has 3 atom stereocenters. The summed E-state index contributed by atoms with van der Waals surface area (Å²) in [7, 11) is -4.18. The molecule has 2 rings (SSSR count). The molecule has 0 bridgehead atoms. The van der Waals surface area contributed by atoms with Gasteiger partial charge in [0, 0.05) is 24.0 Å². The second kappa shape index (κ2) is 13.3. The minimum Gasteiger partial charge on any atom is -0.481 e. The molecule has 0 saturated heterocycles. The highest BCUT2D eigenvalue weighted by Gasteiger charge is 2.37. The number of rotatable bonds is 13. The molecule has 0 aliphatic carbocycles. The third kappa shape index (κ3) is 9.37. The Labute approximate surface area is 191 Å². The zero-order chi connectivity index (χ0) is 24.1. The molecule has 1 amide bonds. The van der Waals surface area contributed by atoms with E-state index < -0.39 is 37.3 Å². The van der Waals surface area contributed by atoms with E-state index in [0.29, 0.717) is 5.56 Å². The molecule has 0 radical (unpaired) electrons. The van der Waals surface area contributed by atoms with Gasteiger partial charge in [-0.3, -0.25) is 9.36 Å². The van der Waals surface area contributed by atoms with E-state index in [1.165, 1.54) is 0 Å². The number of carboxylic acids is 1. The first-order chi connectivity index (χ1) is 15.8. The Bertz CT molecular complexity index is 998. The van der Waals surface area contributed by atoms with Gasteiger partial charge in [0.2, 0.25) is 7.37 Å². The van der Waals surface area contributed by atoms with Crippen LogP contribution in [0.3, 0.4) is 0 Å². The Hall–Kier alpha value is -3.32. The van der Waals surface area contributed by atoms with Crippen LogP contribution in [0.15, 0.2) is 65.8 Å². The molecule has 0 fully saturated rings. The molecular formula is C22H27N4O6P. The fourth-order valence-electron chi connectivity index (χ4n) is 3.22. The van der Waals surface area contributed by atoms with Gasteiger partial charge in [0.1, 0.15) is 12.4 Å². The Morgan fingerprint density at radius 3 is 2.27 bits per heavy atom. The van der Waals surface area contributed by atoms with Crippen LogP contribution in [0.4, 0.5) is 4.79 Å². The number of nitrogens with zero attached hydrogens (tertiary/aromatic N) is 3. The summed E-state index contributed by atoms with van der Waals surface area (Å²) in [6.45, 7) is 0.0745. The summed E-state index contributed by atoms with van der Waals surface area (Å²) >= 11 is 0. The first-order valence-electron chi connectivity index (χ1n) is 10.4. The van der Waals surface area contributed by atoms with Crippen LogP contribution in [-0.4, -0.2) is 40.6 Å². The van der Waals surface area contributed by atoms with Gasteiger partial charge in [-0.25, -0.2) is 4.79 Å². The average Bonchev–Trinajstić information content (AvgIpc) is 2.80. The number of nitrogens with one attached hydrogen (secondary N) is 1. The van der Waals surface area contributed by atoms with Gasteiger partial charge in [-0.1, -0.05) is 65.8 Å². The molecule has 33 heavy (non-hydrogen) atoms. The van der Waals surface area contributed by atoms with Crippen LogP contribution in [0.5, 0.6) is 0 Å². The monoisotopic (exact) mass is 474 g/mol. The minimum atomic E-state index is -4.18. The van der Waals surface area contributed by atoms with Gasteiger partial charge < -0.3 is 20.1 Å². The van der Waals surface area contributed by atoms with E-state index in [-0.39, 0.29) is 32.4 Å². The first kappa shape index (κ1) is 25.9. The quantitative estimate of drug-likeness (QED) is 0.127. The van der Waals surface area contributed by atoms with E-state index in [1.54, 1.807) is 54.6 Å². The third-order valence-electron chi connectivity index (χ3n) is 4.96. The lowest BCUT2D eigenvalue weighted by molar-refractivity contribution is -0.141. The third-order valence-corrected chi connectivity index (χ3v) is 7.21. The molecule has 2 aromatic carbocycles. The molecular weight excluding hydrogens is 447 g/mol. The molecule has 10 nitrogen and oxygen atoms in total. The van der Waals surface area contributed by atoms with E-state index in [9.17, 15) is 24.2 Å². The standard InChI is InChI=1S/C22H27N4O6P/c23-26-24-13-7-12-19(21(27)28)16-33(30,31)20(14-17-8-3-1-4-9-17)25-22(29)32-15-18-10-5-2-6-11-18/h1-6,8-11,19-20H,7,12-16H2,(H,25,29)(H,27,28)(H,30,31). The highest BCUT2D eigenvalue weighted by Crippen LogP contribution is 2.48. The number of carbonyl (C=O) groups excluding carboxylic acids is 1. The number of carbonyl (C=O) groups is 2. The second-order valence-corrected chi connectivity index (χ2v) is 9.98. The van der Waals surface area contributed by atoms with Crippen LogP contribution in [0.25, 0.3) is 10.4 Å². The largest absolute Gasteiger partial charge is 0.481 e. The molecule has 3 N–H and O–H groups in total. The molecule has 0 spiro atoms. The summed E-state index contributed by atoms with van der Waals surface area (Å²) in [5.74, 6) is -3.59. The maximum absolute atomic E-state index is 13.3. The van der Waals surface area contributed by atoms with Crippen molar-refractivity contribution in [2.24, 2.45) is 11.0 Å². The average molecular weight is 474 g/mol. The number of ether oxygens (including phenoxy) is 1. The lowest BCUT2D eigenvalue weighted by Crippen LogP contribution is -2.38. The Morgan fingerprint density at radius 1 is 1.09 bits per heavy atom. The van der Waals surface area contributed by atoms with E-state index in [2.05, 4.69) is 15.3 Å². The number of alkyl carbamates (subject to hydrolysis) is 1. The molecule has 0 saturated carbocycles. The van der Waals surface area contributed by atoms with Gasteiger partial charge in [-0.15, -0.1) is 0 Å². The Kier molecular flexibility index (Phi) is 10.4. The SMILES string of the molecule is [N-]=[N+]=NCCCC(CP(=O)(O)C(Cc1ccccc1)NC(=O)OCc1ccccc1)C(=O)O. The summed E-state index contributed by atoms with van der Waals surface area (Å²) in [6.07, 6.45) is -1.05. The summed E-state index contributed by atoms with van der Waals surface area (Å²) in [4.78, 5) is 37.5. The highest BCUT2D eigenvalue weighted by atomic mass is 31.2. The predicted octanol–water partition coefficient (Wildman–Crippen LogP) is 4.54. The molecule has 3 unspecified atom stereocenters. The van der Waals surface area contributed by atoms with Crippen LogP contribution in [0.1, 0.15) is 24.0 Å². The maximum Gasteiger partial charge on any atom is 0.408 e. The summed E-state index contributed by atoms with van der Waals surface area (Å²) in [5.41, 5.74) is 9.80. The van der Waals surface area contributed by atoms with Crippen molar-refractivity contribution in [3.63, 3.8) is 0 Å². The fraction of sp³-hybridized carbons (Fsp3) is 0.364. The van der Waals surface area contributed by atoms with Crippen LogP contribution >= 0.6 is 7.37 Å². The minimum absolute atomic E-state index is 0.0162. The number of amides is 1. The van der Waals surface area contributed by atoms with Gasteiger partial charge in [0.15, 0.2) is 0 Å². The van der Waals surface area contributed by atoms with Crippen molar-refractivity contribution >= 4 is 19.4 Å². The molecule has 2 aromatic rings. The molecule has 11 heteroatoms. The topological polar surface area (TPSA) is 162 Å². The Morgan fingerprint density at radius 2 is 1.70 bits per heavy atom. The number of aliphatic carboxylic acids is 1. The van der Waals surface area contributed by atoms with Crippen molar-refractivity contribution in [1.82, 2.24) is 5.32 Å². The van der Waals surface area contributed by atoms with Gasteiger partial charge in [0.05, 0.1) is 5.92 Å². The van der Waals surface area contributed by atoms with Gasteiger partial charge in [0.25, 0.3) is 0 Å². The van der Waals surface area contributed by atoms with Crippen molar-refractivity contribution in [3.05, 3.63) is 82.2 Å². The lowest BCUT2D eigenvalue weighted by Gasteiger charge is -2.26. The van der Waals surface area contributed by atoms with Crippen molar-refractivity contribution < 1.29 is 28.9 Å². The smallest absolute Gasteiger partial charge is 0.408 e. The molecule has 0 aliphatic rings. The zero-order valence-electron chi connectivity index (χ0n) is 18.0. The zero-order valence-corrected chi connectivity index (χ0v) is 18.9. The van der Waals surface area contributed by atoms with E-state index in [0.717, 1.165) is 5.56 Å². The van der Waals surface area contributed by atoms with E-state index in [1.807, 2.05) is 6.07 Å². The summed E-state index contributed by atoms with van der Waals surface area (Å²) < 4.78 is 18.5. The molecule has 176 valence electrons. The highest BCUT2D eigenvalue weighted by molar-refractivity contribution is 7.58. The van der Waals surface area contributed by atoms with Gasteiger partial charge in [-0.05, 0) is 29.5 Å². The van der Waals surface area contributed by atoms with Crippen LogP contribution in [-0.2, 0) is 27.1 Å². The summed E-state index contributed by atoms with van der Waals surface area (Å²) in [5, 5.41) is 15.3. The van der Waals surface area contributed by atoms with Crippen molar-refractivity contribution in [3.8, 4) is 0 Å². The van der Waals surface area contributed by atoms with Gasteiger partial charge >= 0.3 is 12.1 Å². The van der Waals surface area contributed by atoms with E-state index >= 15 is 0 Å². The molecule has 0 aromatic heterocycles. The summed E-state index contributed by atoms with van der Waals surface area (Å²) in [6, 6.07) is 17.8. The Balaban J connectivity index is 2.12. The number of carboxylic acid groups (broad SMARTS) is 1. The normalized spacial score (nSPS) is 14.2. The van der Waals surface area contributed by atoms with Crippen molar-refractivity contribution in [1.29, 1.82) is 0 Å². The van der Waals surface area contributed by atoms with Crippen molar-refractivity contribution in [2.75, 3.05) is 12.7 Å². The van der Waals surface area contributed by atoms with E-state index in [4.69, 9.17) is 10.3 Å². The molecule has 0 heterocycles. The van der Waals surface area contributed by atoms with Crippen LogP contribution in [0.2, 0.25) is 0 Å². The molecule has 0 aliphatic heterocycles. The lowest BCUT2D eigenvalue weighted by atomic mass is 10.1. The van der Waals surface area contributed by atoms with Gasteiger partial charge in [-0.2, -0.15) is 0 Å². The number of benzene rings is 2. The number of hydrogen-bond acceptors (Lipinski definition) is 5. The number of hydrogen-bond donors (Lipinski definition) is 3. The maximum atomic E-state index is 13.3. The van der Waals surface area contributed by atoms with Crippen LogP contribution < -0.4 is 5.32 Å². The first-order valence-corrected chi connectivity index (χ1v) is 12.3.